The molecule has 0 fully saturated rings. The predicted octanol–water partition coefficient (Wildman–Crippen LogP) is 2.85. The van der Waals surface area contributed by atoms with Gasteiger partial charge in [0, 0.05) is 10.2 Å². The maximum atomic E-state index is 12.3. The number of hydrogen-bond acceptors (Lipinski definition) is 4. The van der Waals surface area contributed by atoms with Crippen molar-refractivity contribution in [3.8, 4) is 0 Å². The monoisotopic (exact) mass is 335 g/mol. The molecule has 2 N–H and O–H groups in total. The molecule has 0 saturated heterocycles. The Bertz CT molecular complexity index is 809. The first-order chi connectivity index (χ1) is 9.15. The van der Waals surface area contributed by atoms with Crippen LogP contribution in [0, 0.1) is 0 Å². The van der Waals surface area contributed by atoms with E-state index in [1.54, 1.807) is 10.9 Å². The highest BCUT2D eigenvalue weighted by Crippen LogP contribution is 2.21. The molecule has 19 heavy (non-hydrogen) atoms. The van der Waals surface area contributed by atoms with Gasteiger partial charge in [0.25, 0.3) is 5.56 Å². The summed E-state index contributed by atoms with van der Waals surface area (Å²) in [5.74, 6) is 0. The van der Waals surface area contributed by atoms with E-state index in [0.717, 1.165) is 14.9 Å². The Kier molecular flexibility index (Phi) is 3.12. The van der Waals surface area contributed by atoms with Gasteiger partial charge in [-0.15, -0.1) is 11.3 Å². The molecule has 0 bridgehead atoms. The second-order valence-corrected chi connectivity index (χ2v) is 5.92. The molecule has 3 aromatic rings. The molecule has 0 aliphatic carbocycles. The molecule has 0 unspecified atom stereocenters. The fourth-order valence-electron chi connectivity index (χ4n) is 1.88. The van der Waals surface area contributed by atoms with Crippen molar-refractivity contribution in [2.24, 2.45) is 0 Å². The fourth-order valence-corrected chi connectivity index (χ4v) is 3.13. The summed E-state index contributed by atoms with van der Waals surface area (Å²) >= 11 is 4.93. The number of halogens is 1. The van der Waals surface area contributed by atoms with Crippen molar-refractivity contribution >= 4 is 43.2 Å². The predicted molar refractivity (Wildman–Crippen MR) is 81.5 cm³/mol. The number of fused-ring (bicyclic) bond motifs is 1. The van der Waals surface area contributed by atoms with Gasteiger partial charge in [-0.25, -0.2) is 4.98 Å². The van der Waals surface area contributed by atoms with Crippen LogP contribution in [-0.4, -0.2) is 9.55 Å². The summed E-state index contributed by atoms with van der Waals surface area (Å²) in [7, 11) is 0. The molecule has 96 valence electrons. The van der Waals surface area contributed by atoms with E-state index in [1.807, 2.05) is 29.6 Å². The molecule has 0 spiro atoms. The van der Waals surface area contributed by atoms with Gasteiger partial charge < -0.3 is 5.73 Å². The number of benzene rings is 1. The molecule has 0 radical (unpaired) electrons. The van der Waals surface area contributed by atoms with Crippen LogP contribution in [0.3, 0.4) is 0 Å². The van der Waals surface area contributed by atoms with E-state index < -0.39 is 0 Å². The standard InChI is InChI=1S/C13H10BrN3OS/c14-11-5-9(15)2-1-8(11)6-17-7-16-12-10(13(17)18)3-4-19-12/h1-5,7H,6,15H2. The summed E-state index contributed by atoms with van der Waals surface area (Å²) in [6.07, 6.45) is 1.59. The quantitative estimate of drug-likeness (QED) is 0.732. The van der Waals surface area contributed by atoms with Crippen LogP contribution in [0.4, 0.5) is 5.69 Å². The van der Waals surface area contributed by atoms with Crippen molar-refractivity contribution in [2.45, 2.75) is 6.54 Å². The highest BCUT2D eigenvalue weighted by Gasteiger charge is 2.07. The molecule has 0 aliphatic heterocycles. The Morgan fingerprint density at radius 2 is 2.21 bits per heavy atom. The Morgan fingerprint density at radius 1 is 1.37 bits per heavy atom. The Labute approximate surface area is 121 Å². The lowest BCUT2D eigenvalue weighted by atomic mass is 10.2. The molecule has 6 heteroatoms. The van der Waals surface area contributed by atoms with E-state index in [0.29, 0.717) is 17.6 Å². The van der Waals surface area contributed by atoms with Gasteiger partial charge >= 0.3 is 0 Å². The van der Waals surface area contributed by atoms with Gasteiger partial charge in [0.05, 0.1) is 18.3 Å². The average molecular weight is 336 g/mol. The number of rotatable bonds is 2. The van der Waals surface area contributed by atoms with Crippen LogP contribution in [-0.2, 0) is 6.54 Å². The topological polar surface area (TPSA) is 60.9 Å². The minimum absolute atomic E-state index is 0.0185. The zero-order valence-corrected chi connectivity index (χ0v) is 12.2. The number of anilines is 1. The van der Waals surface area contributed by atoms with Gasteiger partial charge in [0.1, 0.15) is 4.83 Å². The summed E-state index contributed by atoms with van der Waals surface area (Å²) in [6.45, 7) is 0.471. The van der Waals surface area contributed by atoms with E-state index in [-0.39, 0.29) is 5.56 Å². The van der Waals surface area contributed by atoms with Crippen molar-refractivity contribution < 1.29 is 0 Å². The SMILES string of the molecule is Nc1ccc(Cn2cnc3sccc3c2=O)c(Br)c1. The summed E-state index contributed by atoms with van der Waals surface area (Å²) in [4.78, 5) is 17.3. The highest BCUT2D eigenvalue weighted by atomic mass is 79.9. The van der Waals surface area contributed by atoms with E-state index in [2.05, 4.69) is 20.9 Å². The van der Waals surface area contributed by atoms with Gasteiger partial charge in [-0.2, -0.15) is 0 Å². The second kappa shape index (κ2) is 4.79. The molecule has 0 amide bonds. The third-order valence-electron chi connectivity index (χ3n) is 2.87. The van der Waals surface area contributed by atoms with Crippen LogP contribution < -0.4 is 11.3 Å². The lowest BCUT2D eigenvalue weighted by Gasteiger charge is -2.08. The summed E-state index contributed by atoms with van der Waals surface area (Å²) in [6, 6.07) is 7.37. The fraction of sp³-hybridized carbons (Fsp3) is 0.0769. The lowest BCUT2D eigenvalue weighted by Crippen LogP contribution is -2.20. The van der Waals surface area contributed by atoms with Crippen LogP contribution in [0.25, 0.3) is 10.2 Å². The molecule has 2 heterocycles. The Balaban J connectivity index is 2.05. The van der Waals surface area contributed by atoms with Crippen molar-refractivity contribution in [3.05, 3.63) is 56.4 Å². The minimum atomic E-state index is -0.0185. The maximum absolute atomic E-state index is 12.3. The van der Waals surface area contributed by atoms with E-state index in [1.165, 1.54) is 11.3 Å². The average Bonchev–Trinajstić information content (AvgIpc) is 2.85. The summed E-state index contributed by atoms with van der Waals surface area (Å²) in [5, 5.41) is 2.54. The normalized spacial score (nSPS) is 11.0. The molecule has 0 saturated carbocycles. The van der Waals surface area contributed by atoms with Crippen molar-refractivity contribution in [2.75, 3.05) is 5.73 Å². The Hall–Kier alpha value is -1.66. The first-order valence-corrected chi connectivity index (χ1v) is 7.29. The number of aromatic nitrogens is 2. The third-order valence-corrected chi connectivity index (χ3v) is 4.43. The third kappa shape index (κ3) is 2.29. The van der Waals surface area contributed by atoms with Gasteiger partial charge in [-0.05, 0) is 29.1 Å². The lowest BCUT2D eigenvalue weighted by molar-refractivity contribution is 0.747. The number of nitrogens with zero attached hydrogens (tertiary/aromatic N) is 2. The summed E-state index contributed by atoms with van der Waals surface area (Å²) in [5.41, 5.74) is 7.37. The number of nitrogen functional groups attached to an aromatic ring is 1. The molecular weight excluding hydrogens is 326 g/mol. The van der Waals surface area contributed by atoms with Crippen LogP contribution in [0.5, 0.6) is 0 Å². The van der Waals surface area contributed by atoms with Crippen LogP contribution in [0.2, 0.25) is 0 Å². The maximum Gasteiger partial charge on any atom is 0.262 e. The highest BCUT2D eigenvalue weighted by molar-refractivity contribution is 9.10. The number of thiophene rings is 1. The van der Waals surface area contributed by atoms with E-state index >= 15 is 0 Å². The summed E-state index contributed by atoms with van der Waals surface area (Å²) < 4.78 is 2.50. The van der Waals surface area contributed by atoms with Gasteiger partial charge in [0.15, 0.2) is 0 Å². The van der Waals surface area contributed by atoms with Crippen LogP contribution in [0.1, 0.15) is 5.56 Å². The van der Waals surface area contributed by atoms with Gasteiger partial charge in [-0.1, -0.05) is 22.0 Å². The van der Waals surface area contributed by atoms with Gasteiger partial charge in [-0.3, -0.25) is 9.36 Å². The molecule has 1 aromatic carbocycles. The molecule has 0 aliphatic rings. The van der Waals surface area contributed by atoms with E-state index in [4.69, 9.17) is 5.73 Å². The molecular formula is C13H10BrN3OS. The molecule has 2 aromatic heterocycles. The molecule has 3 rings (SSSR count). The minimum Gasteiger partial charge on any atom is -0.399 e. The second-order valence-electron chi connectivity index (χ2n) is 4.17. The largest absolute Gasteiger partial charge is 0.399 e. The molecule has 4 nitrogen and oxygen atoms in total. The zero-order valence-electron chi connectivity index (χ0n) is 9.84. The first-order valence-electron chi connectivity index (χ1n) is 5.62. The van der Waals surface area contributed by atoms with Crippen molar-refractivity contribution in [1.82, 2.24) is 9.55 Å². The van der Waals surface area contributed by atoms with E-state index in [9.17, 15) is 4.79 Å². The first kappa shape index (κ1) is 12.4. The zero-order chi connectivity index (χ0) is 13.4. The van der Waals surface area contributed by atoms with Crippen molar-refractivity contribution in [1.29, 1.82) is 0 Å². The van der Waals surface area contributed by atoms with Crippen LogP contribution >= 0.6 is 27.3 Å². The number of nitrogens with two attached hydrogens (primary N) is 1. The van der Waals surface area contributed by atoms with Crippen molar-refractivity contribution in [3.63, 3.8) is 0 Å². The van der Waals surface area contributed by atoms with Crippen LogP contribution in [0.15, 0.2) is 45.2 Å². The molecule has 0 atom stereocenters. The van der Waals surface area contributed by atoms with Gasteiger partial charge in [0.2, 0.25) is 0 Å². The smallest absolute Gasteiger partial charge is 0.262 e. The number of hydrogen-bond donors (Lipinski definition) is 1. The Morgan fingerprint density at radius 3 is 3.00 bits per heavy atom.